The summed E-state index contributed by atoms with van der Waals surface area (Å²) < 4.78 is 40.1. The lowest BCUT2D eigenvalue weighted by molar-refractivity contribution is -0.138. The number of aromatic nitrogens is 1. The standard InChI is InChI=1S/C10H11F3N2OS/c1-6(2)17-15-9(16)7-5-14-4-3-8(7)10(11,12)13/h3-6H,1-2H3,(H,15,16). The summed E-state index contributed by atoms with van der Waals surface area (Å²) in [7, 11) is 0. The third kappa shape index (κ3) is 3.92. The highest BCUT2D eigenvalue weighted by Gasteiger charge is 2.35. The molecule has 0 aromatic carbocycles. The minimum atomic E-state index is -4.56. The smallest absolute Gasteiger partial charge is 0.296 e. The van der Waals surface area contributed by atoms with E-state index in [4.69, 9.17) is 0 Å². The van der Waals surface area contributed by atoms with Gasteiger partial charge in [0.15, 0.2) is 0 Å². The zero-order valence-corrected chi connectivity index (χ0v) is 10.0. The minimum absolute atomic E-state index is 0.0879. The van der Waals surface area contributed by atoms with Crippen molar-refractivity contribution in [2.45, 2.75) is 25.3 Å². The largest absolute Gasteiger partial charge is 0.417 e. The van der Waals surface area contributed by atoms with Gasteiger partial charge in [0, 0.05) is 17.6 Å². The lowest BCUT2D eigenvalue weighted by Crippen LogP contribution is -2.22. The van der Waals surface area contributed by atoms with Gasteiger partial charge in [0.05, 0.1) is 11.1 Å². The van der Waals surface area contributed by atoms with Crippen molar-refractivity contribution in [3.63, 3.8) is 0 Å². The number of amides is 1. The van der Waals surface area contributed by atoms with E-state index >= 15 is 0 Å². The Morgan fingerprint density at radius 3 is 2.65 bits per heavy atom. The van der Waals surface area contributed by atoms with Crippen LogP contribution < -0.4 is 4.72 Å². The maximum Gasteiger partial charge on any atom is 0.417 e. The van der Waals surface area contributed by atoms with Crippen molar-refractivity contribution in [3.05, 3.63) is 29.6 Å². The lowest BCUT2D eigenvalue weighted by atomic mass is 10.1. The van der Waals surface area contributed by atoms with Crippen molar-refractivity contribution < 1.29 is 18.0 Å². The number of carbonyl (C=O) groups is 1. The molecule has 1 rings (SSSR count). The first-order valence-corrected chi connectivity index (χ1v) is 5.67. The molecular weight excluding hydrogens is 253 g/mol. The van der Waals surface area contributed by atoms with Crippen molar-refractivity contribution in [1.82, 2.24) is 9.71 Å². The first kappa shape index (κ1) is 13.8. The summed E-state index contributed by atoms with van der Waals surface area (Å²) >= 11 is 1.06. The normalized spacial score (nSPS) is 11.6. The molecule has 17 heavy (non-hydrogen) atoms. The molecule has 1 amide bonds. The van der Waals surface area contributed by atoms with Crippen LogP contribution in [0.2, 0.25) is 0 Å². The Morgan fingerprint density at radius 2 is 2.12 bits per heavy atom. The number of pyridine rings is 1. The third-order valence-corrected chi connectivity index (χ3v) is 2.53. The first-order chi connectivity index (χ1) is 7.82. The monoisotopic (exact) mass is 264 g/mol. The van der Waals surface area contributed by atoms with Crippen molar-refractivity contribution in [2.75, 3.05) is 0 Å². The summed E-state index contributed by atoms with van der Waals surface area (Å²) in [5.74, 6) is -0.788. The number of rotatable bonds is 3. The topological polar surface area (TPSA) is 42.0 Å². The summed E-state index contributed by atoms with van der Waals surface area (Å²) in [5, 5.41) is 0.0879. The molecule has 0 spiro atoms. The maximum absolute atomic E-state index is 12.6. The van der Waals surface area contributed by atoms with Gasteiger partial charge in [-0.1, -0.05) is 13.8 Å². The van der Waals surface area contributed by atoms with Crippen molar-refractivity contribution in [2.24, 2.45) is 0 Å². The summed E-state index contributed by atoms with van der Waals surface area (Å²) in [5.41, 5.74) is -1.44. The van der Waals surface area contributed by atoms with E-state index in [-0.39, 0.29) is 5.25 Å². The second kappa shape index (κ2) is 5.39. The van der Waals surface area contributed by atoms with E-state index in [1.165, 1.54) is 0 Å². The van der Waals surface area contributed by atoms with Gasteiger partial charge in [-0.2, -0.15) is 13.2 Å². The van der Waals surface area contributed by atoms with Gasteiger partial charge >= 0.3 is 6.18 Å². The summed E-state index contributed by atoms with van der Waals surface area (Å²) in [6, 6.07) is 0.787. The van der Waals surface area contributed by atoms with Crippen LogP contribution in [0.5, 0.6) is 0 Å². The SMILES string of the molecule is CC(C)SNC(=O)c1cnccc1C(F)(F)F. The molecule has 0 saturated carbocycles. The molecule has 0 fully saturated rings. The van der Waals surface area contributed by atoms with Gasteiger partial charge in [0.25, 0.3) is 5.91 Å². The number of alkyl halides is 3. The molecule has 0 aliphatic carbocycles. The van der Waals surface area contributed by atoms with Crippen molar-refractivity contribution >= 4 is 17.9 Å². The first-order valence-electron chi connectivity index (χ1n) is 4.79. The number of nitrogens with one attached hydrogen (secondary N) is 1. The lowest BCUT2D eigenvalue weighted by Gasteiger charge is -2.12. The predicted octanol–water partition coefficient (Wildman–Crippen LogP) is 2.89. The van der Waals surface area contributed by atoms with Crippen LogP contribution >= 0.6 is 11.9 Å². The molecule has 1 heterocycles. The van der Waals surface area contributed by atoms with Crippen LogP contribution in [0.25, 0.3) is 0 Å². The number of nitrogens with zero attached hydrogens (tertiary/aromatic N) is 1. The van der Waals surface area contributed by atoms with E-state index in [9.17, 15) is 18.0 Å². The highest BCUT2D eigenvalue weighted by Crippen LogP contribution is 2.31. The van der Waals surface area contributed by atoms with E-state index in [0.29, 0.717) is 0 Å². The molecule has 0 saturated heterocycles. The van der Waals surface area contributed by atoms with Crippen LogP contribution in [0.15, 0.2) is 18.5 Å². The molecule has 94 valence electrons. The fourth-order valence-electron chi connectivity index (χ4n) is 1.05. The van der Waals surface area contributed by atoms with Gasteiger partial charge in [-0.05, 0) is 18.0 Å². The molecule has 0 atom stereocenters. The summed E-state index contributed by atoms with van der Waals surface area (Å²) in [6.45, 7) is 3.64. The summed E-state index contributed by atoms with van der Waals surface area (Å²) in [4.78, 5) is 15.1. The molecular formula is C10H11F3N2OS. The number of carbonyl (C=O) groups excluding carboxylic acids is 1. The molecule has 0 unspecified atom stereocenters. The van der Waals surface area contributed by atoms with Crippen LogP contribution in [-0.2, 0) is 6.18 Å². The molecule has 0 bridgehead atoms. The average Bonchev–Trinajstić information content (AvgIpc) is 2.24. The molecule has 1 N–H and O–H groups in total. The van der Waals surface area contributed by atoms with Gasteiger partial charge in [-0.15, -0.1) is 0 Å². The van der Waals surface area contributed by atoms with E-state index in [2.05, 4.69) is 9.71 Å². The Balaban J connectivity index is 2.94. The fourth-order valence-corrected chi connectivity index (χ4v) is 1.50. The molecule has 0 radical (unpaired) electrons. The Morgan fingerprint density at radius 1 is 1.47 bits per heavy atom. The van der Waals surface area contributed by atoms with Crippen LogP contribution in [0.1, 0.15) is 29.8 Å². The highest BCUT2D eigenvalue weighted by atomic mass is 32.2. The number of halogens is 3. The highest BCUT2D eigenvalue weighted by molar-refractivity contribution is 7.98. The van der Waals surface area contributed by atoms with Crippen molar-refractivity contribution in [1.29, 1.82) is 0 Å². The van der Waals surface area contributed by atoms with E-state index in [1.54, 1.807) is 0 Å². The van der Waals surface area contributed by atoms with Crippen molar-refractivity contribution in [3.8, 4) is 0 Å². The van der Waals surface area contributed by atoms with E-state index in [1.807, 2.05) is 13.8 Å². The fraction of sp³-hybridized carbons (Fsp3) is 0.400. The number of hydrogen-bond donors (Lipinski definition) is 1. The summed E-state index contributed by atoms with van der Waals surface area (Å²) in [6.07, 6.45) is -2.63. The quantitative estimate of drug-likeness (QED) is 0.853. The third-order valence-electron chi connectivity index (χ3n) is 1.76. The zero-order chi connectivity index (χ0) is 13.1. The number of hydrogen-bond acceptors (Lipinski definition) is 3. The zero-order valence-electron chi connectivity index (χ0n) is 9.21. The molecule has 0 aliphatic rings. The molecule has 3 nitrogen and oxygen atoms in total. The van der Waals surface area contributed by atoms with Gasteiger partial charge in [-0.25, -0.2) is 0 Å². The van der Waals surface area contributed by atoms with Crippen LogP contribution in [0.3, 0.4) is 0 Å². The van der Waals surface area contributed by atoms with Gasteiger partial charge in [-0.3, -0.25) is 14.5 Å². The van der Waals surface area contributed by atoms with Gasteiger partial charge in [0.2, 0.25) is 0 Å². The second-order valence-electron chi connectivity index (χ2n) is 3.52. The van der Waals surface area contributed by atoms with Crippen LogP contribution in [0, 0.1) is 0 Å². The second-order valence-corrected chi connectivity index (χ2v) is 4.90. The van der Waals surface area contributed by atoms with Gasteiger partial charge < -0.3 is 0 Å². The van der Waals surface area contributed by atoms with Crippen LogP contribution in [0.4, 0.5) is 13.2 Å². The average molecular weight is 264 g/mol. The van der Waals surface area contributed by atoms with Crippen LogP contribution in [-0.4, -0.2) is 16.1 Å². The molecule has 1 aromatic rings. The Bertz CT molecular complexity index is 407. The Labute approximate surface area is 101 Å². The maximum atomic E-state index is 12.6. The Kier molecular flexibility index (Phi) is 4.39. The molecule has 0 aliphatic heterocycles. The minimum Gasteiger partial charge on any atom is -0.296 e. The van der Waals surface area contributed by atoms with E-state index < -0.39 is 23.2 Å². The van der Waals surface area contributed by atoms with Gasteiger partial charge in [0.1, 0.15) is 0 Å². The molecule has 7 heteroatoms. The molecule has 1 aromatic heterocycles. The van der Waals surface area contributed by atoms with E-state index in [0.717, 1.165) is 30.4 Å². The Hall–Kier alpha value is -1.24. The predicted molar refractivity (Wildman–Crippen MR) is 59.4 cm³/mol.